The van der Waals surface area contributed by atoms with Crippen molar-refractivity contribution in [2.75, 3.05) is 11.9 Å². The van der Waals surface area contributed by atoms with E-state index in [1.54, 1.807) is 20.0 Å². The predicted octanol–water partition coefficient (Wildman–Crippen LogP) is 3.84. The van der Waals surface area contributed by atoms with E-state index < -0.39 is 5.97 Å². The molecule has 0 atom stereocenters. The fourth-order valence-corrected chi connectivity index (χ4v) is 3.60. The number of aromatic nitrogens is 1. The van der Waals surface area contributed by atoms with Crippen molar-refractivity contribution in [3.63, 3.8) is 0 Å². The van der Waals surface area contributed by atoms with Gasteiger partial charge in [0, 0.05) is 17.1 Å². The van der Waals surface area contributed by atoms with E-state index in [4.69, 9.17) is 4.74 Å². The average Bonchev–Trinajstić information content (AvgIpc) is 3.16. The Morgan fingerprint density at radius 2 is 2.12 bits per heavy atom. The maximum absolute atomic E-state index is 12.6. The summed E-state index contributed by atoms with van der Waals surface area (Å²) in [6.07, 6.45) is 1.62. The third-order valence-electron chi connectivity index (χ3n) is 3.78. The minimum absolute atomic E-state index is 0.245. The van der Waals surface area contributed by atoms with Gasteiger partial charge in [-0.1, -0.05) is 18.2 Å². The third kappa shape index (κ3) is 2.99. The van der Waals surface area contributed by atoms with Crippen LogP contribution in [0.1, 0.15) is 38.1 Å². The van der Waals surface area contributed by atoms with Crippen LogP contribution in [0.2, 0.25) is 0 Å². The summed E-state index contributed by atoms with van der Waals surface area (Å²) in [7, 11) is 0. The SMILES string of the molecule is CCOC(=O)c1sc(NC(=O)c2c[nH]c3ccccc23)c(C#N)c1C. The Kier molecular flexibility index (Phi) is 4.55. The van der Waals surface area contributed by atoms with Crippen LogP contribution >= 0.6 is 11.3 Å². The molecule has 3 rings (SSSR count). The first kappa shape index (κ1) is 16.7. The standard InChI is InChI=1S/C18H15N3O3S/c1-3-24-18(23)15-10(2)12(8-19)17(25-15)21-16(22)13-9-20-14-7-5-4-6-11(13)14/h4-7,9,20H,3H2,1-2H3,(H,21,22). The Morgan fingerprint density at radius 3 is 2.84 bits per heavy atom. The molecule has 126 valence electrons. The zero-order valence-electron chi connectivity index (χ0n) is 13.7. The molecule has 2 aromatic heterocycles. The highest BCUT2D eigenvalue weighted by Gasteiger charge is 2.23. The number of rotatable bonds is 4. The quantitative estimate of drug-likeness (QED) is 0.697. The predicted molar refractivity (Wildman–Crippen MR) is 96.0 cm³/mol. The number of fused-ring (bicyclic) bond motifs is 1. The van der Waals surface area contributed by atoms with Crippen LogP contribution in [-0.4, -0.2) is 23.5 Å². The minimum atomic E-state index is -0.492. The van der Waals surface area contributed by atoms with Crippen molar-refractivity contribution in [1.82, 2.24) is 4.98 Å². The Labute approximate surface area is 148 Å². The molecule has 1 amide bonds. The van der Waals surface area contributed by atoms with Crippen LogP contribution < -0.4 is 5.32 Å². The third-order valence-corrected chi connectivity index (χ3v) is 4.97. The van der Waals surface area contributed by atoms with Gasteiger partial charge in [-0.3, -0.25) is 4.79 Å². The number of carbonyl (C=O) groups excluding carboxylic acids is 2. The van der Waals surface area contributed by atoms with E-state index in [1.165, 1.54) is 0 Å². The molecule has 0 spiro atoms. The number of ether oxygens (including phenoxy) is 1. The number of nitriles is 1. The molecule has 0 bridgehead atoms. The first-order valence-electron chi connectivity index (χ1n) is 7.64. The number of thiophene rings is 1. The number of benzene rings is 1. The lowest BCUT2D eigenvalue weighted by Gasteiger charge is -2.02. The summed E-state index contributed by atoms with van der Waals surface area (Å²) >= 11 is 1.05. The number of hydrogen-bond acceptors (Lipinski definition) is 5. The van der Waals surface area contributed by atoms with Crippen molar-refractivity contribution in [3.05, 3.63) is 52.0 Å². The number of aromatic amines is 1. The maximum Gasteiger partial charge on any atom is 0.348 e. The summed E-state index contributed by atoms with van der Waals surface area (Å²) in [5.41, 5.74) is 2.12. The fourth-order valence-electron chi connectivity index (χ4n) is 2.56. The highest BCUT2D eigenvalue weighted by atomic mass is 32.1. The van der Waals surface area contributed by atoms with Gasteiger partial charge in [-0.25, -0.2) is 4.79 Å². The van der Waals surface area contributed by atoms with Crippen LogP contribution in [0.5, 0.6) is 0 Å². The largest absolute Gasteiger partial charge is 0.462 e. The van der Waals surface area contributed by atoms with E-state index in [0.29, 0.717) is 21.0 Å². The van der Waals surface area contributed by atoms with E-state index in [2.05, 4.69) is 10.3 Å². The average molecular weight is 353 g/mol. The zero-order valence-corrected chi connectivity index (χ0v) is 14.5. The summed E-state index contributed by atoms with van der Waals surface area (Å²) < 4.78 is 5.00. The maximum atomic E-state index is 12.6. The molecular formula is C18H15N3O3S. The van der Waals surface area contributed by atoms with Crippen LogP contribution in [0.25, 0.3) is 10.9 Å². The van der Waals surface area contributed by atoms with Gasteiger partial charge in [0.15, 0.2) is 0 Å². The van der Waals surface area contributed by atoms with Crippen molar-refractivity contribution in [2.24, 2.45) is 0 Å². The minimum Gasteiger partial charge on any atom is -0.462 e. The molecule has 25 heavy (non-hydrogen) atoms. The van der Waals surface area contributed by atoms with Crippen molar-refractivity contribution in [3.8, 4) is 6.07 Å². The molecule has 2 heterocycles. The van der Waals surface area contributed by atoms with E-state index in [0.717, 1.165) is 22.2 Å². The second-order valence-electron chi connectivity index (χ2n) is 5.29. The highest BCUT2D eigenvalue weighted by Crippen LogP contribution is 2.33. The van der Waals surface area contributed by atoms with Crippen LogP contribution in [0.3, 0.4) is 0 Å². The molecule has 0 unspecified atom stereocenters. The molecule has 0 fully saturated rings. The van der Waals surface area contributed by atoms with Crippen LogP contribution in [0.4, 0.5) is 5.00 Å². The van der Waals surface area contributed by atoms with Gasteiger partial charge in [0.25, 0.3) is 5.91 Å². The molecule has 0 radical (unpaired) electrons. The van der Waals surface area contributed by atoms with Crippen molar-refractivity contribution < 1.29 is 14.3 Å². The Hall–Kier alpha value is -3.11. The number of nitrogens with one attached hydrogen (secondary N) is 2. The number of anilines is 1. The molecule has 1 aromatic carbocycles. The number of nitrogens with zero attached hydrogens (tertiary/aromatic N) is 1. The zero-order chi connectivity index (χ0) is 18.0. The molecule has 6 nitrogen and oxygen atoms in total. The number of para-hydroxylation sites is 1. The van der Waals surface area contributed by atoms with Gasteiger partial charge in [-0.15, -0.1) is 11.3 Å². The molecular weight excluding hydrogens is 338 g/mol. The van der Waals surface area contributed by atoms with E-state index in [-0.39, 0.29) is 18.1 Å². The normalized spacial score (nSPS) is 10.4. The summed E-state index contributed by atoms with van der Waals surface area (Å²) in [6, 6.07) is 9.49. The van der Waals surface area contributed by atoms with Gasteiger partial charge < -0.3 is 15.0 Å². The lowest BCUT2D eigenvalue weighted by atomic mass is 10.1. The smallest absolute Gasteiger partial charge is 0.348 e. The molecule has 0 aliphatic heterocycles. The summed E-state index contributed by atoms with van der Waals surface area (Å²) in [5, 5.41) is 13.3. The van der Waals surface area contributed by atoms with Crippen LogP contribution in [-0.2, 0) is 4.74 Å². The molecule has 7 heteroatoms. The number of H-pyrrole nitrogens is 1. The van der Waals surface area contributed by atoms with Crippen molar-refractivity contribution in [1.29, 1.82) is 5.26 Å². The summed E-state index contributed by atoms with van der Waals surface area (Å²) in [5.74, 6) is -0.834. The second kappa shape index (κ2) is 6.79. The van der Waals surface area contributed by atoms with Crippen LogP contribution in [0, 0.1) is 18.3 Å². The van der Waals surface area contributed by atoms with Crippen molar-refractivity contribution >= 4 is 39.1 Å². The lowest BCUT2D eigenvalue weighted by molar-refractivity contribution is 0.0531. The Balaban J connectivity index is 1.95. The molecule has 0 aliphatic rings. The van der Waals surface area contributed by atoms with Crippen LogP contribution in [0.15, 0.2) is 30.5 Å². The van der Waals surface area contributed by atoms with Gasteiger partial charge in [0.2, 0.25) is 0 Å². The topological polar surface area (TPSA) is 95.0 Å². The monoisotopic (exact) mass is 353 g/mol. The Bertz CT molecular complexity index is 1010. The highest BCUT2D eigenvalue weighted by molar-refractivity contribution is 7.18. The number of hydrogen-bond donors (Lipinski definition) is 2. The first-order valence-corrected chi connectivity index (χ1v) is 8.46. The van der Waals surface area contributed by atoms with Gasteiger partial charge in [0.1, 0.15) is 15.9 Å². The van der Waals surface area contributed by atoms with Gasteiger partial charge in [0.05, 0.1) is 17.7 Å². The molecule has 2 N–H and O–H groups in total. The first-order chi connectivity index (χ1) is 12.1. The van der Waals surface area contributed by atoms with Gasteiger partial charge in [-0.2, -0.15) is 5.26 Å². The summed E-state index contributed by atoms with van der Waals surface area (Å²) in [6.45, 7) is 3.63. The lowest BCUT2D eigenvalue weighted by Crippen LogP contribution is -2.11. The van der Waals surface area contributed by atoms with Gasteiger partial charge >= 0.3 is 5.97 Å². The Morgan fingerprint density at radius 1 is 1.36 bits per heavy atom. The summed E-state index contributed by atoms with van der Waals surface area (Å²) in [4.78, 5) is 28.0. The number of amides is 1. The number of carbonyl (C=O) groups is 2. The molecule has 0 saturated carbocycles. The molecule has 0 saturated heterocycles. The van der Waals surface area contributed by atoms with E-state index in [9.17, 15) is 14.9 Å². The molecule has 3 aromatic rings. The fraction of sp³-hybridized carbons (Fsp3) is 0.167. The van der Waals surface area contributed by atoms with E-state index in [1.807, 2.05) is 30.3 Å². The second-order valence-corrected chi connectivity index (χ2v) is 6.32. The van der Waals surface area contributed by atoms with Crippen molar-refractivity contribution in [2.45, 2.75) is 13.8 Å². The number of esters is 1. The van der Waals surface area contributed by atoms with E-state index >= 15 is 0 Å². The van der Waals surface area contributed by atoms with Gasteiger partial charge in [-0.05, 0) is 25.5 Å². The molecule has 0 aliphatic carbocycles.